The van der Waals surface area contributed by atoms with Gasteiger partial charge in [0.25, 0.3) is 0 Å². The molecule has 5 nitrogen and oxygen atoms in total. The molecular weight excluding hydrogens is 228 g/mol. The van der Waals surface area contributed by atoms with Crippen LogP contribution in [-0.4, -0.2) is 18.2 Å². The van der Waals surface area contributed by atoms with Crippen LogP contribution in [-0.2, 0) is 13.1 Å². The van der Waals surface area contributed by atoms with Gasteiger partial charge in [0.2, 0.25) is 0 Å². The second-order valence-electron chi connectivity index (χ2n) is 3.76. The van der Waals surface area contributed by atoms with Crippen molar-refractivity contribution in [1.82, 2.24) is 15.8 Å². The molecule has 1 aromatic carbocycles. The zero-order valence-electron chi connectivity index (χ0n) is 10.3. The fourth-order valence-electron chi connectivity index (χ4n) is 1.51. The molecule has 2 aromatic rings. The Morgan fingerprint density at radius 2 is 1.94 bits per heavy atom. The minimum absolute atomic E-state index is 0.588. The van der Waals surface area contributed by atoms with Crippen molar-refractivity contribution < 1.29 is 4.52 Å². The van der Waals surface area contributed by atoms with E-state index in [1.165, 1.54) is 5.56 Å². The Labute approximate surface area is 106 Å². The molecule has 18 heavy (non-hydrogen) atoms. The molecule has 0 amide bonds. The summed E-state index contributed by atoms with van der Waals surface area (Å²) in [5.74, 6) is 0.738. The lowest BCUT2D eigenvalue weighted by Crippen LogP contribution is -2.36. The van der Waals surface area contributed by atoms with Crippen LogP contribution in [0.4, 0.5) is 0 Å². The first-order chi connectivity index (χ1) is 8.88. The van der Waals surface area contributed by atoms with Crippen molar-refractivity contribution in [3.63, 3.8) is 0 Å². The Morgan fingerprint density at radius 1 is 1.17 bits per heavy atom. The molecule has 0 saturated carbocycles. The maximum absolute atomic E-state index is 4.76. The van der Waals surface area contributed by atoms with Crippen LogP contribution in [0.3, 0.4) is 0 Å². The number of aliphatic imine (C=N–C) groups is 1. The van der Waals surface area contributed by atoms with Crippen LogP contribution in [0.15, 0.2) is 52.2 Å². The highest BCUT2D eigenvalue weighted by Crippen LogP contribution is 1.97. The van der Waals surface area contributed by atoms with E-state index in [1.54, 1.807) is 13.3 Å². The van der Waals surface area contributed by atoms with Gasteiger partial charge in [-0.1, -0.05) is 35.5 Å². The highest BCUT2D eigenvalue weighted by Gasteiger charge is 2.00. The van der Waals surface area contributed by atoms with Crippen molar-refractivity contribution in [2.45, 2.75) is 13.1 Å². The van der Waals surface area contributed by atoms with Crippen molar-refractivity contribution in [3.8, 4) is 0 Å². The predicted octanol–water partition coefficient (Wildman–Crippen LogP) is 1.54. The Hall–Kier alpha value is -2.30. The second-order valence-corrected chi connectivity index (χ2v) is 3.76. The summed E-state index contributed by atoms with van der Waals surface area (Å²) in [5.41, 5.74) is 2.06. The minimum atomic E-state index is 0.588. The average molecular weight is 244 g/mol. The van der Waals surface area contributed by atoms with E-state index in [9.17, 15) is 0 Å². The number of hydrogen-bond donors (Lipinski definition) is 2. The summed E-state index contributed by atoms with van der Waals surface area (Å²) in [6.07, 6.45) is 1.55. The van der Waals surface area contributed by atoms with E-state index in [0.717, 1.165) is 18.2 Å². The Bertz CT molecular complexity index is 479. The highest BCUT2D eigenvalue weighted by atomic mass is 16.5. The third-order valence-electron chi connectivity index (χ3n) is 2.45. The fourth-order valence-corrected chi connectivity index (χ4v) is 1.51. The number of hydrogen-bond acceptors (Lipinski definition) is 3. The first-order valence-corrected chi connectivity index (χ1v) is 5.76. The smallest absolute Gasteiger partial charge is 0.191 e. The standard InChI is InChI=1S/C13H16N4O/c1-14-13(16-10-12-7-8-18-17-12)15-9-11-5-3-2-4-6-11/h2-8H,9-10H2,1H3,(H2,14,15,16). The van der Waals surface area contributed by atoms with E-state index in [4.69, 9.17) is 4.52 Å². The molecule has 0 spiro atoms. The third kappa shape index (κ3) is 3.62. The first kappa shape index (κ1) is 12.2. The molecule has 0 atom stereocenters. The monoisotopic (exact) mass is 244 g/mol. The van der Waals surface area contributed by atoms with Crippen LogP contribution >= 0.6 is 0 Å². The van der Waals surface area contributed by atoms with Gasteiger partial charge < -0.3 is 15.2 Å². The number of aromatic nitrogens is 1. The highest BCUT2D eigenvalue weighted by molar-refractivity contribution is 5.79. The summed E-state index contributed by atoms with van der Waals surface area (Å²) < 4.78 is 4.76. The molecule has 0 radical (unpaired) electrons. The van der Waals surface area contributed by atoms with Crippen molar-refractivity contribution in [3.05, 3.63) is 53.9 Å². The largest absolute Gasteiger partial charge is 0.364 e. The Balaban J connectivity index is 1.79. The number of nitrogens with one attached hydrogen (secondary N) is 2. The molecule has 0 fully saturated rings. The van der Waals surface area contributed by atoms with Crippen LogP contribution < -0.4 is 10.6 Å². The van der Waals surface area contributed by atoms with Gasteiger partial charge in [-0.05, 0) is 5.56 Å². The van der Waals surface area contributed by atoms with Crippen LogP contribution in [0.2, 0.25) is 0 Å². The van der Waals surface area contributed by atoms with Crippen molar-refractivity contribution >= 4 is 5.96 Å². The normalized spacial score (nSPS) is 11.3. The molecule has 2 rings (SSSR count). The predicted molar refractivity (Wildman–Crippen MR) is 70.0 cm³/mol. The van der Waals surface area contributed by atoms with Crippen LogP contribution in [0.5, 0.6) is 0 Å². The van der Waals surface area contributed by atoms with Gasteiger partial charge in [-0.15, -0.1) is 0 Å². The molecule has 2 N–H and O–H groups in total. The third-order valence-corrected chi connectivity index (χ3v) is 2.45. The summed E-state index contributed by atoms with van der Waals surface area (Å²) in [6, 6.07) is 12.0. The van der Waals surface area contributed by atoms with E-state index in [0.29, 0.717) is 6.54 Å². The molecule has 5 heteroatoms. The average Bonchev–Trinajstić information content (AvgIpc) is 2.93. The maximum Gasteiger partial charge on any atom is 0.191 e. The van der Waals surface area contributed by atoms with Crippen LogP contribution in [0, 0.1) is 0 Å². The Kier molecular flexibility index (Phi) is 4.35. The molecule has 0 bridgehead atoms. The van der Waals surface area contributed by atoms with E-state index in [2.05, 4.69) is 32.9 Å². The maximum atomic E-state index is 4.76. The molecule has 1 heterocycles. The van der Waals surface area contributed by atoms with Gasteiger partial charge >= 0.3 is 0 Å². The summed E-state index contributed by atoms with van der Waals surface area (Å²) in [5, 5.41) is 10.2. The molecule has 0 aliphatic carbocycles. The fraction of sp³-hybridized carbons (Fsp3) is 0.231. The summed E-state index contributed by atoms with van der Waals surface area (Å²) in [6.45, 7) is 1.32. The van der Waals surface area contributed by atoms with Gasteiger partial charge in [-0.25, -0.2) is 0 Å². The zero-order valence-corrected chi connectivity index (χ0v) is 10.3. The first-order valence-electron chi connectivity index (χ1n) is 5.76. The van der Waals surface area contributed by atoms with Crippen LogP contribution in [0.1, 0.15) is 11.3 Å². The lowest BCUT2D eigenvalue weighted by atomic mass is 10.2. The topological polar surface area (TPSA) is 62.5 Å². The van der Waals surface area contributed by atoms with Gasteiger partial charge in [0.15, 0.2) is 5.96 Å². The molecule has 94 valence electrons. The van der Waals surface area contributed by atoms with E-state index in [1.807, 2.05) is 24.3 Å². The zero-order chi connectivity index (χ0) is 12.6. The number of rotatable bonds is 4. The lowest BCUT2D eigenvalue weighted by Gasteiger charge is -2.10. The SMILES string of the molecule is CN=C(NCc1ccccc1)NCc1ccon1. The van der Waals surface area contributed by atoms with Gasteiger partial charge in [0.1, 0.15) is 12.0 Å². The van der Waals surface area contributed by atoms with E-state index >= 15 is 0 Å². The van der Waals surface area contributed by atoms with Gasteiger partial charge in [-0.3, -0.25) is 4.99 Å². The van der Waals surface area contributed by atoms with Crippen molar-refractivity contribution in [2.24, 2.45) is 4.99 Å². The van der Waals surface area contributed by atoms with Crippen LogP contribution in [0.25, 0.3) is 0 Å². The van der Waals surface area contributed by atoms with Gasteiger partial charge in [-0.2, -0.15) is 0 Å². The summed E-state index contributed by atoms with van der Waals surface area (Å²) in [4.78, 5) is 4.14. The number of guanidine groups is 1. The molecule has 0 aliphatic rings. The lowest BCUT2D eigenvalue weighted by molar-refractivity contribution is 0.410. The molecule has 0 unspecified atom stereocenters. The molecule has 1 aromatic heterocycles. The minimum Gasteiger partial charge on any atom is -0.364 e. The number of benzene rings is 1. The van der Waals surface area contributed by atoms with Crippen molar-refractivity contribution in [1.29, 1.82) is 0 Å². The summed E-state index contributed by atoms with van der Waals surface area (Å²) >= 11 is 0. The second kappa shape index (κ2) is 6.44. The van der Waals surface area contributed by atoms with E-state index < -0.39 is 0 Å². The quantitative estimate of drug-likeness (QED) is 0.632. The number of nitrogens with zero attached hydrogens (tertiary/aromatic N) is 2. The Morgan fingerprint density at radius 3 is 2.61 bits per heavy atom. The molecular formula is C13H16N4O. The summed E-state index contributed by atoms with van der Waals surface area (Å²) in [7, 11) is 1.74. The molecule has 0 aliphatic heterocycles. The molecule has 0 saturated heterocycles. The van der Waals surface area contributed by atoms with Gasteiger partial charge in [0.05, 0.1) is 6.54 Å². The van der Waals surface area contributed by atoms with E-state index in [-0.39, 0.29) is 0 Å². The van der Waals surface area contributed by atoms with Crippen molar-refractivity contribution in [2.75, 3.05) is 7.05 Å². The van der Waals surface area contributed by atoms with Gasteiger partial charge in [0, 0.05) is 19.7 Å².